The Balaban J connectivity index is 2.01. The van der Waals surface area contributed by atoms with Gasteiger partial charge in [-0.15, -0.1) is 0 Å². The van der Waals surface area contributed by atoms with Gasteiger partial charge >= 0.3 is 6.03 Å². The standard InChI is InChI=1S/C20H31N3O2/c1-4-6-12-23(13-7-5-2)17-10-8-16(9-11-17)14-18-15(3)21-20(25)22-19(18)24/h8,10-11,14-16H,4-7,9,12-13H2,1-3H3,(H2,21,22,24,25)/b18-14+. The van der Waals surface area contributed by atoms with E-state index in [9.17, 15) is 9.59 Å². The summed E-state index contributed by atoms with van der Waals surface area (Å²) in [4.78, 5) is 25.8. The predicted molar refractivity (Wildman–Crippen MR) is 101 cm³/mol. The number of amides is 3. The lowest BCUT2D eigenvalue weighted by atomic mass is 9.93. The molecule has 2 aliphatic rings. The Kier molecular flexibility index (Phi) is 7.29. The van der Waals surface area contributed by atoms with Crippen molar-refractivity contribution in [2.75, 3.05) is 13.1 Å². The molecule has 5 nitrogen and oxygen atoms in total. The van der Waals surface area contributed by atoms with E-state index < -0.39 is 6.03 Å². The van der Waals surface area contributed by atoms with Crippen LogP contribution >= 0.6 is 0 Å². The fraction of sp³-hybridized carbons (Fsp3) is 0.600. The summed E-state index contributed by atoms with van der Waals surface area (Å²) in [7, 11) is 0. The van der Waals surface area contributed by atoms with Crippen molar-refractivity contribution in [1.29, 1.82) is 0 Å². The molecule has 1 saturated heterocycles. The number of nitrogens with zero attached hydrogens (tertiary/aromatic N) is 1. The molecule has 5 heteroatoms. The molecule has 138 valence electrons. The van der Waals surface area contributed by atoms with Crippen LogP contribution in [0.5, 0.6) is 0 Å². The Morgan fingerprint density at radius 3 is 2.40 bits per heavy atom. The molecule has 0 bridgehead atoms. The molecule has 2 rings (SSSR count). The van der Waals surface area contributed by atoms with Gasteiger partial charge in [-0.2, -0.15) is 0 Å². The van der Waals surface area contributed by atoms with Gasteiger partial charge in [0.15, 0.2) is 0 Å². The van der Waals surface area contributed by atoms with Gasteiger partial charge in [-0.25, -0.2) is 4.79 Å². The summed E-state index contributed by atoms with van der Waals surface area (Å²) in [5.74, 6) is -0.0897. The zero-order valence-corrected chi connectivity index (χ0v) is 15.7. The molecular weight excluding hydrogens is 314 g/mol. The fourth-order valence-electron chi connectivity index (χ4n) is 3.18. The molecule has 2 N–H and O–H groups in total. The number of hydrogen-bond acceptors (Lipinski definition) is 3. The van der Waals surface area contributed by atoms with Gasteiger partial charge in [0.1, 0.15) is 0 Å². The number of urea groups is 1. The van der Waals surface area contributed by atoms with Crippen LogP contribution in [0.1, 0.15) is 52.9 Å². The second-order valence-electron chi connectivity index (χ2n) is 6.85. The lowest BCUT2D eigenvalue weighted by molar-refractivity contribution is -0.117. The van der Waals surface area contributed by atoms with Gasteiger partial charge in [-0.05, 0) is 38.2 Å². The van der Waals surface area contributed by atoms with Crippen LogP contribution in [-0.4, -0.2) is 36.0 Å². The van der Waals surface area contributed by atoms with E-state index in [1.165, 1.54) is 31.4 Å². The smallest absolute Gasteiger partial charge is 0.322 e. The highest BCUT2D eigenvalue weighted by molar-refractivity contribution is 6.07. The predicted octanol–water partition coefficient (Wildman–Crippen LogP) is 3.50. The van der Waals surface area contributed by atoms with Crippen molar-refractivity contribution < 1.29 is 9.59 Å². The van der Waals surface area contributed by atoms with E-state index >= 15 is 0 Å². The van der Waals surface area contributed by atoms with Crippen LogP contribution in [0.4, 0.5) is 4.79 Å². The summed E-state index contributed by atoms with van der Waals surface area (Å²) in [5.41, 5.74) is 1.94. The zero-order valence-electron chi connectivity index (χ0n) is 15.7. The minimum absolute atomic E-state index is 0.196. The van der Waals surface area contributed by atoms with Gasteiger partial charge in [0.05, 0.1) is 6.04 Å². The van der Waals surface area contributed by atoms with Gasteiger partial charge < -0.3 is 10.2 Å². The molecule has 0 radical (unpaired) electrons. The lowest BCUT2D eigenvalue weighted by Gasteiger charge is -2.29. The first-order valence-corrected chi connectivity index (χ1v) is 9.52. The van der Waals surface area contributed by atoms with Crippen LogP contribution in [0.25, 0.3) is 0 Å². The van der Waals surface area contributed by atoms with Crippen LogP contribution in [0.15, 0.2) is 35.6 Å². The maximum Gasteiger partial charge on any atom is 0.322 e. The number of rotatable bonds is 8. The van der Waals surface area contributed by atoms with Crippen LogP contribution in [-0.2, 0) is 4.79 Å². The van der Waals surface area contributed by atoms with Crippen molar-refractivity contribution in [3.63, 3.8) is 0 Å². The van der Waals surface area contributed by atoms with E-state index in [1.807, 2.05) is 13.0 Å². The normalized spacial score (nSPS) is 24.8. The number of carbonyl (C=O) groups is 2. The number of nitrogens with one attached hydrogen (secondary N) is 2. The highest BCUT2D eigenvalue weighted by atomic mass is 16.2. The topological polar surface area (TPSA) is 61.4 Å². The maximum atomic E-state index is 12.0. The van der Waals surface area contributed by atoms with E-state index in [2.05, 4.69) is 47.6 Å². The van der Waals surface area contributed by atoms with E-state index in [-0.39, 0.29) is 17.9 Å². The lowest BCUT2D eigenvalue weighted by Crippen LogP contribution is -2.52. The maximum absolute atomic E-state index is 12.0. The van der Waals surface area contributed by atoms with E-state index in [4.69, 9.17) is 0 Å². The SMILES string of the molecule is CCCCN(CCCC)C1=CCC(/C=C2/C(=O)NC(=O)NC2C)C=C1. The number of carbonyl (C=O) groups excluding carboxylic acids is 2. The van der Waals surface area contributed by atoms with Crippen LogP contribution in [0.2, 0.25) is 0 Å². The molecular formula is C20H31N3O2. The summed E-state index contributed by atoms with van der Waals surface area (Å²) < 4.78 is 0. The second-order valence-corrected chi connectivity index (χ2v) is 6.85. The third kappa shape index (κ3) is 5.48. The molecule has 2 unspecified atom stereocenters. The number of hydrogen-bond donors (Lipinski definition) is 2. The average Bonchev–Trinajstić information content (AvgIpc) is 2.59. The third-order valence-corrected chi connectivity index (χ3v) is 4.74. The summed E-state index contributed by atoms with van der Waals surface area (Å²) in [6, 6.07) is -0.663. The van der Waals surface area contributed by atoms with Crippen molar-refractivity contribution >= 4 is 11.9 Å². The Hall–Kier alpha value is -2.04. The van der Waals surface area contributed by atoms with Crippen LogP contribution in [0.3, 0.4) is 0 Å². The van der Waals surface area contributed by atoms with Gasteiger partial charge in [0.25, 0.3) is 5.91 Å². The summed E-state index contributed by atoms with van der Waals surface area (Å²) in [6.45, 7) is 8.49. The molecule has 0 aromatic carbocycles. The summed E-state index contributed by atoms with van der Waals surface area (Å²) in [5, 5.41) is 5.05. The van der Waals surface area contributed by atoms with Crippen molar-refractivity contribution in [3.05, 3.63) is 35.6 Å². The molecule has 1 heterocycles. The number of unbranched alkanes of at least 4 members (excludes halogenated alkanes) is 2. The van der Waals surface area contributed by atoms with Gasteiger partial charge in [-0.3, -0.25) is 10.1 Å². The van der Waals surface area contributed by atoms with Crippen molar-refractivity contribution in [3.8, 4) is 0 Å². The molecule has 1 aliphatic heterocycles. The average molecular weight is 345 g/mol. The van der Waals surface area contributed by atoms with E-state index in [1.54, 1.807) is 0 Å². The van der Waals surface area contributed by atoms with Crippen LogP contribution < -0.4 is 10.6 Å². The molecule has 0 aromatic heterocycles. The minimum Gasteiger partial charge on any atom is -0.372 e. The highest BCUT2D eigenvalue weighted by Gasteiger charge is 2.27. The second kappa shape index (κ2) is 9.44. The summed E-state index contributed by atoms with van der Waals surface area (Å²) in [6.07, 6.45) is 14.3. The van der Waals surface area contributed by atoms with E-state index in [0.29, 0.717) is 5.57 Å². The zero-order chi connectivity index (χ0) is 18.2. The molecule has 1 fully saturated rings. The van der Waals surface area contributed by atoms with Gasteiger partial charge in [0, 0.05) is 24.4 Å². The van der Waals surface area contributed by atoms with Gasteiger partial charge in [-0.1, -0.05) is 44.9 Å². The molecule has 25 heavy (non-hydrogen) atoms. The molecule has 1 aliphatic carbocycles. The Morgan fingerprint density at radius 2 is 1.88 bits per heavy atom. The first-order chi connectivity index (χ1) is 12.0. The third-order valence-electron chi connectivity index (χ3n) is 4.74. The fourth-order valence-corrected chi connectivity index (χ4v) is 3.18. The molecule has 2 atom stereocenters. The molecule has 0 saturated carbocycles. The van der Waals surface area contributed by atoms with Crippen molar-refractivity contribution in [2.45, 2.75) is 58.9 Å². The van der Waals surface area contributed by atoms with Gasteiger partial charge in [0.2, 0.25) is 0 Å². The molecule has 0 spiro atoms. The first kappa shape index (κ1) is 19.3. The Labute approximate surface area is 151 Å². The van der Waals surface area contributed by atoms with Crippen LogP contribution in [0, 0.1) is 5.92 Å². The summed E-state index contributed by atoms with van der Waals surface area (Å²) >= 11 is 0. The Bertz CT molecular complexity index is 569. The minimum atomic E-state index is -0.418. The van der Waals surface area contributed by atoms with Crippen molar-refractivity contribution in [1.82, 2.24) is 15.5 Å². The number of imide groups is 1. The first-order valence-electron chi connectivity index (χ1n) is 9.52. The quantitative estimate of drug-likeness (QED) is 0.662. The highest BCUT2D eigenvalue weighted by Crippen LogP contribution is 2.23. The number of allylic oxidation sites excluding steroid dienone is 4. The van der Waals surface area contributed by atoms with Crippen molar-refractivity contribution in [2.24, 2.45) is 5.92 Å². The molecule has 3 amide bonds. The Morgan fingerprint density at radius 1 is 1.20 bits per heavy atom. The molecule has 0 aromatic rings. The monoisotopic (exact) mass is 345 g/mol. The van der Waals surface area contributed by atoms with E-state index in [0.717, 1.165) is 19.5 Å². The largest absolute Gasteiger partial charge is 0.372 e.